The largest absolute Gasteiger partial charge is 0.243 e. The van der Waals surface area contributed by atoms with Crippen molar-refractivity contribution in [2.24, 2.45) is 0 Å². The highest BCUT2D eigenvalue weighted by Crippen LogP contribution is 2.34. The lowest BCUT2D eigenvalue weighted by atomic mass is 10.2. The van der Waals surface area contributed by atoms with Crippen LogP contribution in [-0.4, -0.2) is 8.42 Å². The van der Waals surface area contributed by atoms with Crippen molar-refractivity contribution in [2.45, 2.75) is 11.4 Å². The molecule has 0 fully saturated rings. The molecule has 3 nitrogen and oxygen atoms in total. The van der Waals surface area contributed by atoms with Gasteiger partial charge in [0.1, 0.15) is 15.0 Å². The fourth-order valence-corrected chi connectivity index (χ4v) is 4.55. The molecule has 0 radical (unpaired) electrons. The van der Waals surface area contributed by atoms with Crippen LogP contribution in [0.25, 0.3) is 0 Å². The van der Waals surface area contributed by atoms with Gasteiger partial charge >= 0.3 is 0 Å². The second kappa shape index (κ2) is 5.76. The summed E-state index contributed by atoms with van der Waals surface area (Å²) in [4.78, 5) is -0.0968. The van der Waals surface area contributed by atoms with E-state index in [1.54, 1.807) is 6.07 Å². The highest BCUT2D eigenvalue weighted by Gasteiger charge is 2.21. The molecule has 0 saturated carbocycles. The Morgan fingerprint density at radius 1 is 1.26 bits per heavy atom. The molecule has 1 aromatic carbocycles. The minimum atomic E-state index is -3.81. The summed E-state index contributed by atoms with van der Waals surface area (Å²) in [6.07, 6.45) is 0. The fourth-order valence-electron chi connectivity index (χ4n) is 1.40. The number of benzene rings is 1. The van der Waals surface area contributed by atoms with Gasteiger partial charge in [-0.05, 0) is 12.1 Å². The summed E-state index contributed by atoms with van der Waals surface area (Å²) >= 11 is 12.4. The van der Waals surface area contributed by atoms with Gasteiger partial charge in [-0.15, -0.1) is 11.3 Å². The number of hydrogen-bond donors (Lipinski definition) is 1. The zero-order chi connectivity index (χ0) is 14.0. The number of thiophene rings is 1. The Labute approximate surface area is 124 Å². The van der Waals surface area contributed by atoms with E-state index in [1.807, 2.05) is 0 Å². The van der Waals surface area contributed by atoms with Crippen LogP contribution in [0.5, 0.6) is 0 Å². The summed E-state index contributed by atoms with van der Waals surface area (Å²) in [6.45, 7) is -0.154. The molecule has 2 rings (SSSR count). The molecule has 0 saturated heterocycles. The maximum Gasteiger partial charge on any atom is 0.243 e. The van der Waals surface area contributed by atoms with Crippen molar-refractivity contribution in [2.75, 3.05) is 0 Å². The highest BCUT2D eigenvalue weighted by atomic mass is 35.5. The molecule has 0 unspecified atom stereocenters. The molecule has 0 atom stereocenters. The van der Waals surface area contributed by atoms with E-state index in [-0.39, 0.29) is 25.7 Å². The lowest BCUT2D eigenvalue weighted by molar-refractivity contribution is 0.574. The summed E-state index contributed by atoms with van der Waals surface area (Å²) in [7, 11) is -3.81. The van der Waals surface area contributed by atoms with Gasteiger partial charge in [-0.1, -0.05) is 41.4 Å². The van der Waals surface area contributed by atoms with Crippen LogP contribution in [-0.2, 0) is 16.6 Å². The summed E-state index contributed by atoms with van der Waals surface area (Å²) in [5.41, 5.74) is 0.253. The maximum absolute atomic E-state index is 13.4. The van der Waals surface area contributed by atoms with E-state index in [0.717, 1.165) is 11.3 Å². The van der Waals surface area contributed by atoms with Gasteiger partial charge in [-0.3, -0.25) is 0 Å². The molecule has 2 aromatic rings. The van der Waals surface area contributed by atoms with Gasteiger partial charge in [-0.2, -0.15) is 0 Å². The van der Waals surface area contributed by atoms with Gasteiger partial charge in [0, 0.05) is 12.1 Å². The minimum absolute atomic E-state index is 0.0750. The summed E-state index contributed by atoms with van der Waals surface area (Å²) in [6, 6.07) is 7.18. The smallest absolute Gasteiger partial charge is 0.207 e. The van der Waals surface area contributed by atoms with Crippen LogP contribution in [0.3, 0.4) is 0 Å². The molecule has 0 aliphatic carbocycles. The number of hydrogen-bond acceptors (Lipinski definition) is 3. The average Bonchev–Trinajstić information content (AvgIpc) is 2.68. The molecule has 8 heteroatoms. The average molecular weight is 340 g/mol. The first-order valence-electron chi connectivity index (χ1n) is 5.08. The standard InChI is InChI=1S/C11H8Cl2FNO2S2/c12-10-5-9(11(13)18-10)19(16,17)15-6-7-3-1-2-4-8(7)14/h1-5,15H,6H2. The lowest BCUT2D eigenvalue weighted by Crippen LogP contribution is -2.23. The first-order chi connectivity index (χ1) is 8.90. The first-order valence-corrected chi connectivity index (χ1v) is 8.13. The number of rotatable bonds is 4. The van der Waals surface area contributed by atoms with Gasteiger partial charge in [0.2, 0.25) is 10.0 Å². The third-order valence-electron chi connectivity index (χ3n) is 2.33. The Balaban J connectivity index is 2.19. The van der Waals surface area contributed by atoms with Crippen LogP contribution < -0.4 is 4.72 Å². The Kier molecular flexibility index (Phi) is 4.47. The fraction of sp³-hybridized carbons (Fsp3) is 0.0909. The third kappa shape index (κ3) is 3.46. The van der Waals surface area contributed by atoms with Crippen LogP contribution in [0.4, 0.5) is 4.39 Å². The van der Waals surface area contributed by atoms with Gasteiger partial charge < -0.3 is 0 Å². The normalized spacial score (nSPS) is 11.7. The van der Waals surface area contributed by atoms with Crippen LogP contribution in [0.1, 0.15) is 5.56 Å². The number of nitrogens with one attached hydrogen (secondary N) is 1. The molecule has 1 heterocycles. The predicted octanol–water partition coefficient (Wildman–Crippen LogP) is 3.67. The highest BCUT2D eigenvalue weighted by molar-refractivity contribution is 7.89. The van der Waals surface area contributed by atoms with Crippen molar-refractivity contribution in [3.8, 4) is 0 Å². The third-order valence-corrected chi connectivity index (χ3v) is 5.48. The van der Waals surface area contributed by atoms with Crippen molar-refractivity contribution in [1.29, 1.82) is 0 Å². The van der Waals surface area contributed by atoms with Crippen molar-refractivity contribution >= 4 is 44.6 Å². The Bertz CT molecular complexity index is 700. The molecule has 0 bridgehead atoms. The topological polar surface area (TPSA) is 46.2 Å². The van der Waals surface area contributed by atoms with Gasteiger partial charge in [0.05, 0.1) is 4.34 Å². The van der Waals surface area contributed by atoms with E-state index in [9.17, 15) is 12.8 Å². The first kappa shape index (κ1) is 14.7. The summed E-state index contributed by atoms with van der Waals surface area (Å²) < 4.78 is 40.0. The van der Waals surface area contributed by atoms with E-state index in [2.05, 4.69) is 4.72 Å². The molecule has 1 N–H and O–H groups in total. The van der Waals surface area contributed by atoms with E-state index in [1.165, 1.54) is 24.3 Å². The minimum Gasteiger partial charge on any atom is -0.207 e. The predicted molar refractivity (Wildman–Crippen MR) is 74.8 cm³/mol. The van der Waals surface area contributed by atoms with E-state index < -0.39 is 15.8 Å². The van der Waals surface area contributed by atoms with Crippen LogP contribution >= 0.6 is 34.5 Å². The number of sulfonamides is 1. The molecular weight excluding hydrogens is 332 g/mol. The maximum atomic E-state index is 13.4. The van der Waals surface area contributed by atoms with E-state index in [0.29, 0.717) is 0 Å². The van der Waals surface area contributed by atoms with Gasteiger partial charge in [-0.25, -0.2) is 17.5 Å². The zero-order valence-corrected chi connectivity index (χ0v) is 12.5. The molecule has 0 aliphatic rings. The van der Waals surface area contributed by atoms with Crippen LogP contribution in [0.2, 0.25) is 8.67 Å². The van der Waals surface area contributed by atoms with Crippen molar-refractivity contribution in [1.82, 2.24) is 4.72 Å². The quantitative estimate of drug-likeness (QED) is 0.923. The SMILES string of the molecule is O=S(=O)(NCc1ccccc1F)c1cc(Cl)sc1Cl. The van der Waals surface area contributed by atoms with Crippen molar-refractivity contribution < 1.29 is 12.8 Å². The molecule has 1 aromatic heterocycles. The van der Waals surface area contributed by atoms with Gasteiger partial charge in [0.25, 0.3) is 0 Å². The summed E-state index contributed by atoms with van der Waals surface area (Å²) in [5.74, 6) is -0.473. The Morgan fingerprint density at radius 2 is 1.95 bits per heavy atom. The molecule has 102 valence electrons. The Hall–Kier alpha value is -0.660. The second-order valence-corrected chi connectivity index (χ2v) is 7.63. The molecular formula is C11H8Cl2FNO2S2. The zero-order valence-electron chi connectivity index (χ0n) is 9.36. The summed E-state index contributed by atoms with van der Waals surface area (Å²) in [5, 5.41) is 0. The van der Waals surface area contributed by atoms with E-state index >= 15 is 0 Å². The van der Waals surface area contributed by atoms with Crippen LogP contribution in [0.15, 0.2) is 35.2 Å². The van der Waals surface area contributed by atoms with Crippen molar-refractivity contribution in [3.05, 3.63) is 50.4 Å². The number of halogens is 3. The monoisotopic (exact) mass is 339 g/mol. The van der Waals surface area contributed by atoms with Crippen molar-refractivity contribution in [3.63, 3.8) is 0 Å². The second-order valence-electron chi connectivity index (χ2n) is 3.60. The van der Waals surface area contributed by atoms with Crippen LogP contribution in [0, 0.1) is 5.82 Å². The molecule has 0 spiro atoms. The molecule has 0 amide bonds. The van der Waals surface area contributed by atoms with E-state index in [4.69, 9.17) is 23.2 Å². The molecule has 19 heavy (non-hydrogen) atoms. The molecule has 0 aliphatic heterocycles. The lowest BCUT2D eigenvalue weighted by Gasteiger charge is -2.06. The Morgan fingerprint density at radius 3 is 2.53 bits per heavy atom. The van der Waals surface area contributed by atoms with Gasteiger partial charge in [0.15, 0.2) is 0 Å².